The molecule has 12 rings (SSSR count). The molecule has 0 spiro atoms. The molecule has 7 aromatic carbocycles. The number of fused-ring (bicyclic) bond motifs is 4. The van der Waals surface area contributed by atoms with E-state index in [1.165, 1.54) is 50.6 Å². The number of thiocarbonyl (C=S) groups is 1. The van der Waals surface area contributed by atoms with Crippen molar-refractivity contribution in [2.75, 3.05) is 114 Å². The highest BCUT2D eigenvalue weighted by Gasteiger charge is 2.31. The number of nitrogens with one attached hydrogen (secondary N) is 5. The van der Waals surface area contributed by atoms with E-state index in [4.69, 9.17) is 87.7 Å². The van der Waals surface area contributed by atoms with E-state index in [0.717, 1.165) is 75.9 Å². The average molecular weight is 1750 g/mol. The molecule has 42 heteroatoms. The first-order chi connectivity index (χ1) is 58.8. The van der Waals surface area contributed by atoms with Crippen LogP contribution >= 0.6 is 23.8 Å². The Morgan fingerprint density at radius 2 is 0.976 bits per heavy atom. The van der Waals surface area contributed by atoms with Gasteiger partial charge in [-0.1, -0.05) is 50.6 Å². The topological polar surface area (TPSA) is 495 Å². The number of Topliss-reactive ketones (excluding diaryl/α,β-unsaturated/α-hetero) is 3. The van der Waals surface area contributed by atoms with Crippen LogP contribution in [0, 0.1) is 20.2 Å². The quantitative estimate of drug-likeness (QED) is 0.00571. The molecule has 0 aliphatic carbocycles. The maximum atomic E-state index is 12.5. The third-order valence-corrected chi connectivity index (χ3v) is 17.6. The first-order valence-electron chi connectivity index (χ1n) is 36.9. The number of rotatable bonds is 29. The van der Waals surface area contributed by atoms with Gasteiger partial charge < -0.3 is 74.5 Å². The minimum atomic E-state index is -4.78. The number of nitrogens with two attached hydrogens (primary N) is 2. The van der Waals surface area contributed by atoms with Crippen molar-refractivity contribution in [1.29, 1.82) is 0 Å². The van der Waals surface area contributed by atoms with Crippen LogP contribution in [0.25, 0.3) is 44.1 Å². The summed E-state index contributed by atoms with van der Waals surface area (Å²) in [7, 11) is 8.15. The number of imidazole rings is 5. The van der Waals surface area contributed by atoms with Crippen molar-refractivity contribution in [2.45, 2.75) is 86.8 Å². The first-order valence-corrected chi connectivity index (χ1v) is 37.7. The van der Waals surface area contributed by atoms with E-state index in [2.05, 4.69) is 68.9 Å². The predicted molar refractivity (Wildman–Crippen MR) is 455 cm³/mol. The third-order valence-electron chi connectivity index (χ3n) is 17.0. The number of hydrogen-bond donors (Lipinski definition) is 7. The molecule has 5 aromatic heterocycles. The molecule has 9 N–H and O–H groups in total. The van der Waals surface area contributed by atoms with E-state index in [1.807, 2.05) is 57.9 Å². The van der Waals surface area contributed by atoms with Crippen molar-refractivity contribution in [3.05, 3.63) is 205 Å². The molecule has 0 radical (unpaired) electrons. The number of benzene rings is 7. The number of ketones is 3. The lowest BCUT2D eigenvalue weighted by molar-refractivity contribution is -0.384. The number of carbonyl (C=O) groups is 3. The number of ether oxygens (including phenoxy) is 6. The van der Waals surface area contributed by atoms with E-state index < -0.39 is 11.3 Å². The molecule has 0 unspecified atom stereocenters. The zero-order chi connectivity index (χ0) is 91.3. The van der Waals surface area contributed by atoms with Crippen LogP contribution in [0.2, 0.25) is 5.02 Å². The monoisotopic (exact) mass is 1740 g/mol. The lowest BCUT2D eigenvalue weighted by Crippen LogP contribution is -2.21. The number of hydrogen-bond acceptors (Lipinski definition) is 30. The SMILES string of the molecule is CCc1ccc(Cl)c([N+](=O)[O-])c1.CCc1ccc(NCCOC)c(N)c1.CCc1ccc(NCCOC)c([N+](=O)[O-])c1.COCCn1c(N)nc2cc(C(C)=O)ccc21.COCCn1c(NC(=S)n2ccnc2)nc2cc(C(C)=O)ccc21.COCCn1c(Nc2nc3ccc(OC(F)(F)F)cc3[nH]2)nc2cc(C(C)=O)ccc21.O=C=O.O=C=O.O=C=O. The first kappa shape index (κ1) is 102. The number of methoxy groups -OCH3 is 5. The highest BCUT2D eigenvalue weighted by Crippen LogP contribution is 2.31. The fourth-order valence-corrected chi connectivity index (χ4v) is 11.4. The molecule has 0 bridgehead atoms. The third kappa shape index (κ3) is 32.7. The van der Waals surface area contributed by atoms with Gasteiger partial charge >= 0.3 is 24.8 Å². The number of nitro groups is 2. The van der Waals surface area contributed by atoms with Gasteiger partial charge in [0.2, 0.25) is 23.8 Å². The van der Waals surface area contributed by atoms with Gasteiger partial charge in [-0.25, -0.2) is 24.9 Å². The van der Waals surface area contributed by atoms with Crippen molar-refractivity contribution in [1.82, 2.24) is 48.2 Å². The summed E-state index contributed by atoms with van der Waals surface area (Å²) in [5.41, 5.74) is 24.6. The van der Waals surface area contributed by atoms with Crippen LogP contribution in [0.4, 0.5) is 65.4 Å². The highest BCUT2D eigenvalue weighted by atomic mass is 35.5. The molecule has 5 heterocycles. The second-order valence-corrected chi connectivity index (χ2v) is 25.9. The molecule has 0 amide bonds. The molecule has 0 aliphatic heterocycles. The molecule has 0 atom stereocenters. The van der Waals surface area contributed by atoms with Crippen LogP contribution in [0.5, 0.6) is 5.75 Å². The maximum Gasteiger partial charge on any atom is 0.573 e. The smallest absolute Gasteiger partial charge is 0.406 e. The van der Waals surface area contributed by atoms with Crippen LogP contribution in [-0.2, 0) is 91.3 Å². The van der Waals surface area contributed by atoms with Crippen LogP contribution in [-0.4, -0.2) is 187 Å². The highest BCUT2D eigenvalue weighted by molar-refractivity contribution is 7.80. The second kappa shape index (κ2) is 52.9. The Balaban J connectivity index is 0.000000312. The summed E-state index contributed by atoms with van der Waals surface area (Å²) in [6.45, 7) is 16.4. The van der Waals surface area contributed by atoms with Crippen LogP contribution < -0.4 is 37.5 Å². The molecule has 37 nitrogen and oxygen atoms in total. The van der Waals surface area contributed by atoms with E-state index in [9.17, 15) is 47.8 Å². The molecule has 0 aliphatic rings. The van der Waals surface area contributed by atoms with Gasteiger partial charge in [0.25, 0.3) is 11.4 Å². The number of aromatic nitrogens is 10. The number of aryl methyl sites for hydroxylation is 3. The number of aromatic amines is 1. The predicted octanol–water partition coefficient (Wildman–Crippen LogP) is 13.4. The van der Waals surface area contributed by atoms with Gasteiger partial charge in [-0.15, -0.1) is 13.2 Å². The van der Waals surface area contributed by atoms with Crippen LogP contribution in [0.15, 0.2) is 146 Å². The number of nitrogens with zero attached hydrogens (tertiary/aromatic N) is 11. The van der Waals surface area contributed by atoms with Gasteiger partial charge in [0, 0.05) is 116 Å². The van der Waals surface area contributed by atoms with Gasteiger partial charge in [-0.2, -0.15) is 28.8 Å². The average Bonchev–Trinajstić information content (AvgIpc) is 1.62. The maximum absolute atomic E-state index is 12.5. The number of nitro benzene ring substituents is 2. The van der Waals surface area contributed by atoms with E-state index >= 15 is 0 Å². The number of nitrogen functional groups attached to an aromatic ring is 2. The van der Waals surface area contributed by atoms with E-state index in [-0.39, 0.29) is 62.9 Å². The normalized spacial score (nSPS) is 10.3. The molecular formula is C81H92ClF3N18O19S. The van der Waals surface area contributed by atoms with E-state index in [0.29, 0.717) is 127 Å². The lowest BCUT2D eigenvalue weighted by Gasteiger charge is -2.11. The Labute approximate surface area is 712 Å². The van der Waals surface area contributed by atoms with Crippen LogP contribution in [0.3, 0.4) is 0 Å². The van der Waals surface area contributed by atoms with Gasteiger partial charge in [-0.05, 0) is 160 Å². The van der Waals surface area contributed by atoms with Gasteiger partial charge in [0.05, 0.1) is 98.4 Å². The molecule has 12 aromatic rings. The standard InChI is InChI=1S/C20H18F3N5O3.C16H17N5O2S.C12H15N3O2.C11H16N2O3.C11H18N2O.C8H8ClNO2.3CO2/c1-11(29)12-3-6-17-16(9-12)26-19(28(17)7-8-30-2)27-18-24-14-5-4-13(10-15(14)25-18)31-20(21,22)23;1-11(22)12-3-4-14-13(9-12)18-15(21(14)7-8-23-2)19-16(24)20-6-5-17-10-20;1-8(16)9-3-4-11-10(7-9)14-12(13)15(11)5-6-17-2;1-3-9-4-5-10(12-6-7-16-2)11(8-9)13(14)15;1-3-9-4-5-11(10(12)8-9)13-6-7-14-2;1-2-6-3-4-7(9)8(5-6)10(11)12;3*2-1-3/h3-6,9-10H,7-8H2,1-2H3,(H2,24,25,26,27);3-6,9-10H,7-8H2,1-2H3,(H,18,19,24);3-4,7H,5-6H2,1-2H3,(H2,13,14);4-5,8,12H,3,6-7H2,1-2H3;4-5,8,13H,3,6-7,12H2,1-2H3;3-5H,2H2,1H3;;;. The Morgan fingerprint density at radius 3 is 1.42 bits per heavy atom. The number of H-pyrrole nitrogens is 1. The summed E-state index contributed by atoms with van der Waals surface area (Å²) in [4.78, 5) is 128. The summed E-state index contributed by atoms with van der Waals surface area (Å²) in [6.07, 6.45) is 3.58. The largest absolute Gasteiger partial charge is 0.573 e. The molecule has 0 saturated heterocycles. The lowest BCUT2D eigenvalue weighted by atomic mass is 10.1. The molecule has 654 valence electrons. The Kier molecular flexibility index (Phi) is 43.7. The molecule has 0 fully saturated rings. The summed E-state index contributed by atoms with van der Waals surface area (Å²) < 4.78 is 73.9. The number of alkyl halides is 3. The number of anilines is 7. The Hall–Kier alpha value is -13.9. The fourth-order valence-electron chi connectivity index (χ4n) is 11.0. The van der Waals surface area contributed by atoms with Crippen molar-refractivity contribution >= 4 is 161 Å². The number of halogens is 4. The summed E-state index contributed by atoms with van der Waals surface area (Å²) in [5, 5.41) is 34.3. The van der Waals surface area contributed by atoms with Crippen LogP contribution in [0.1, 0.15) is 89.3 Å². The summed E-state index contributed by atoms with van der Waals surface area (Å²) >= 11 is 11.0. The summed E-state index contributed by atoms with van der Waals surface area (Å²) in [5.74, 6) is 1.39. The van der Waals surface area contributed by atoms with Gasteiger partial charge in [-0.3, -0.25) is 44.5 Å². The van der Waals surface area contributed by atoms with Crippen molar-refractivity contribution < 1.29 is 94.6 Å². The Bertz CT molecular complexity index is 5560. The second-order valence-electron chi connectivity index (χ2n) is 25.1. The Morgan fingerprint density at radius 1 is 0.545 bits per heavy atom. The van der Waals surface area contributed by atoms with Gasteiger partial charge in [0.1, 0.15) is 22.8 Å². The molecular weight excluding hydrogens is 1650 g/mol. The zero-order valence-electron chi connectivity index (χ0n) is 68.8. The minimum Gasteiger partial charge on any atom is -0.406 e. The molecule has 123 heavy (non-hydrogen) atoms. The zero-order valence-corrected chi connectivity index (χ0v) is 70.4. The van der Waals surface area contributed by atoms with Crippen molar-refractivity contribution in [3.63, 3.8) is 0 Å². The fraction of sp³-hybridized carbons (Fsp3) is 0.309. The van der Waals surface area contributed by atoms with E-state index in [1.54, 1.807) is 126 Å². The van der Waals surface area contributed by atoms with Crippen molar-refractivity contribution in [3.8, 4) is 5.75 Å². The number of carbonyl (C=O) groups excluding carboxylic acids is 9. The molecule has 0 saturated carbocycles. The van der Waals surface area contributed by atoms with Crippen molar-refractivity contribution in [2.24, 2.45) is 0 Å². The van der Waals surface area contributed by atoms with Gasteiger partial charge in [0.15, 0.2) is 22.5 Å². The summed E-state index contributed by atoms with van der Waals surface area (Å²) in [6, 6.07) is 36.1. The minimum absolute atomic E-state index is 0.00628.